The van der Waals surface area contributed by atoms with E-state index in [9.17, 15) is 8.42 Å². The summed E-state index contributed by atoms with van der Waals surface area (Å²) in [5, 5.41) is 3.50. The number of methoxy groups -OCH3 is 1. The van der Waals surface area contributed by atoms with E-state index >= 15 is 0 Å². The van der Waals surface area contributed by atoms with Crippen LogP contribution >= 0.6 is 11.6 Å². The second-order valence-electron chi connectivity index (χ2n) is 5.92. The van der Waals surface area contributed by atoms with Crippen molar-refractivity contribution in [2.24, 2.45) is 0 Å². The third-order valence-corrected chi connectivity index (χ3v) is 5.16. The number of hydrogen-bond acceptors (Lipinski definition) is 6. The van der Waals surface area contributed by atoms with Gasteiger partial charge >= 0.3 is 0 Å². The van der Waals surface area contributed by atoms with Crippen LogP contribution in [0, 0.1) is 0 Å². The smallest absolute Gasteiger partial charge is 0.265 e. The molecule has 9 heteroatoms. The van der Waals surface area contributed by atoms with Gasteiger partial charge < -0.3 is 15.0 Å². The number of anilines is 2. The van der Waals surface area contributed by atoms with Crippen molar-refractivity contribution in [2.75, 3.05) is 44.3 Å². The van der Waals surface area contributed by atoms with Gasteiger partial charge in [-0.2, -0.15) is 0 Å². The predicted octanol–water partition coefficient (Wildman–Crippen LogP) is 2.91. The van der Waals surface area contributed by atoms with Crippen LogP contribution in [0.15, 0.2) is 41.4 Å². The van der Waals surface area contributed by atoms with E-state index in [0.29, 0.717) is 16.5 Å². The summed E-state index contributed by atoms with van der Waals surface area (Å²) >= 11 is 5.91. The number of pyridine rings is 1. The van der Waals surface area contributed by atoms with Crippen molar-refractivity contribution < 1.29 is 13.2 Å². The molecule has 0 amide bonds. The largest absolute Gasteiger partial charge is 0.495 e. The number of rotatable bonds is 9. The van der Waals surface area contributed by atoms with Gasteiger partial charge in [-0.25, -0.2) is 13.4 Å². The van der Waals surface area contributed by atoms with Gasteiger partial charge in [0.05, 0.1) is 19.0 Å². The number of ether oxygens (including phenoxy) is 1. The van der Waals surface area contributed by atoms with Crippen LogP contribution in [0.5, 0.6) is 5.75 Å². The molecule has 26 heavy (non-hydrogen) atoms. The van der Waals surface area contributed by atoms with E-state index < -0.39 is 10.0 Å². The molecule has 0 bridgehead atoms. The van der Waals surface area contributed by atoms with Gasteiger partial charge in [-0.15, -0.1) is 0 Å². The monoisotopic (exact) mass is 398 g/mol. The molecular weight excluding hydrogens is 376 g/mol. The third kappa shape index (κ3) is 5.76. The summed E-state index contributed by atoms with van der Waals surface area (Å²) in [7, 11) is 1.60. The van der Waals surface area contributed by atoms with Gasteiger partial charge in [0.1, 0.15) is 16.5 Å². The Balaban J connectivity index is 2.05. The first kappa shape index (κ1) is 20.3. The summed E-state index contributed by atoms with van der Waals surface area (Å²) in [6.07, 6.45) is 2.44. The van der Waals surface area contributed by atoms with Crippen molar-refractivity contribution in [3.8, 4) is 5.75 Å². The molecule has 0 aliphatic rings. The van der Waals surface area contributed by atoms with Crippen molar-refractivity contribution >= 4 is 33.1 Å². The summed E-state index contributed by atoms with van der Waals surface area (Å²) < 4.78 is 32.8. The van der Waals surface area contributed by atoms with E-state index in [1.54, 1.807) is 18.2 Å². The lowest BCUT2D eigenvalue weighted by atomic mass is 10.3. The molecule has 2 N–H and O–H groups in total. The molecule has 2 rings (SSSR count). The highest BCUT2D eigenvalue weighted by molar-refractivity contribution is 7.92. The Bertz CT molecular complexity index is 826. The third-order valence-electron chi connectivity index (χ3n) is 3.52. The first-order chi connectivity index (χ1) is 12.3. The molecule has 0 unspecified atom stereocenters. The first-order valence-corrected chi connectivity index (χ1v) is 9.89. The Labute approximate surface area is 159 Å². The first-order valence-electron chi connectivity index (χ1n) is 8.03. The van der Waals surface area contributed by atoms with Crippen molar-refractivity contribution in [2.45, 2.75) is 11.3 Å². The van der Waals surface area contributed by atoms with E-state index in [2.05, 4.69) is 19.9 Å². The number of aromatic nitrogens is 1. The molecule has 0 atom stereocenters. The van der Waals surface area contributed by atoms with Gasteiger partial charge in [0.25, 0.3) is 10.0 Å². The molecular formula is C17H23ClN4O3S. The molecule has 0 saturated carbocycles. The van der Waals surface area contributed by atoms with Crippen LogP contribution in [-0.4, -0.2) is 52.6 Å². The van der Waals surface area contributed by atoms with Crippen LogP contribution in [0.1, 0.15) is 6.42 Å². The van der Waals surface area contributed by atoms with Gasteiger partial charge in [0.15, 0.2) is 0 Å². The fourth-order valence-corrected chi connectivity index (χ4v) is 3.72. The van der Waals surface area contributed by atoms with Crippen LogP contribution in [0.25, 0.3) is 0 Å². The summed E-state index contributed by atoms with van der Waals surface area (Å²) in [6.45, 7) is 1.77. The predicted molar refractivity (Wildman–Crippen MR) is 105 cm³/mol. The second-order valence-corrected chi connectivity index (χ2v) is 8.00. The maximum absolute atomic E-state index is 12.6. The van der Waals surface area contributed by atoms with Crippen molar-refractivity contribution in [3.05, 3.63) is 41.6 Å². The molecule has 1 aromatic carbocycles. The number of benzene rings is 1. The fraction of sp³-hybridized carbons (Fsp3) is 0.353. The minimum Gasteiger partial charge on any atom is -0.495 e. The number of hydrogen-bond donors (Lipinski definition) is 2. The van der Waals surface area contributed by atoms with Gasteiger partial charge in [0.2, 0.25) is 0 Å². The summed E-state index contributed by atoms with van der Waals surface area (Å²) in [6, 6.07) is 7.79. The number of sulfonamides is 1. The molecule has 0 aliphatic carbocycles. The number of nitrogens with zero attached hydrogens (tertiary/aromatic N) is 2. The molecule has 0 spiro atoms. The van der Waals surface area contributed by atoms with Crippen LogP contribution in [0.3, 0.4) is 0 Å². The normalized spacial score (nSPS) is 11.4. The van der Waals surface area contributed by atoms with Gasteiger partial charge in [0, 0.05) is 11.6 Å². The standard InChI is InChI=1S/C17H23ClN4O3S/c1-22(2)10-4-9-19-17-8-6-14(12-20-17)21-26(23,24)16-11-13(18)5-7-15(16)25-3/h5-8,11-12,21H,4,9-10H2,1-3H3,(H,19,20). The van der Waals surface area contributed by atoms with E-state index in [-0.39, 0.29) is 10.6 Å². The Hall–Kier alpha value is -2.03. The van der Waals surface area contributed by atoms with E-state index in [1.807, 2.05) is 14.1 Å². The molecule has 1 heterocycles. The average Bonchev–Trinajstić information content (AvgIpc) is 2.59. The minimum absolute atomic E-state index is 0.0293. The molecule has 2 aromatic rings. The Morgan fingerprint density at radius 2 is 2.00 bits per heavy atom. The summed E-state index contributed by atoms with van der Waals surface area (Å²) in [4.78, 5) is 6.30. The van der Waals surface area contributed by atoms with E-state index in [4.69, 9.17) is 16.3 Å². The highest BCUT2D eigenvalue weighted by atomic mass is 35.5. The van der Waals surface area contributed by atoms with Crippen molar-refractivity contribution in [3.63, 3.8) is 0 Å². The zero-order chi connectivity index (χ0) is 19.2. The lowest BCUT2D eigenvalue weighted by Crippen LogP contribution is -2.17. The van der Waals surface area contributed by atoms with Crippen LogP contribution < -0.4 is 14.8 Å². The van der Waals surface area contributed by atoms with Crippen LogP contribution in [-0.2, 0) is 10.0 Å². The van der Waals surface area contributed by atoms with E-state index in [0.717, 1.165) is 19.5 Å². The van der Waals surface area contributed by atoms with Crippen LogP contribution in [0.4, 0.5) is 11.5 Å². The minimum atomic E-state index is -3.85. The second kappa shape index (κ2) is 9.07. The highest BCUT2D eigenvalue weighted by Crippen LogP contribution is 2.28. The Morgan fingerprint density at radius 3 is 2.62 bits per heavy atom. The molecule has 0 radical (unpaired) electrons. The molecule has 0 saturated heterocycles. The number of halogens is 1. The zero-order valence-electron chi connectivity index (χ0n) is 15.0. The van der Waals surface area contributed by atoms with Crippen molar-refractivity contribution in [1.82, 2.24) is 9.88 Å². The quantitative estimate of drug-likeness (QED) is 0.632. The Morgan fingerprint density at radius 1 is 1.23 bits per heavy atom. The van der Waals surface area contributed by atoms with Gasteiger partial charge in [-0.3, -0.25) is 4.72 Å². The van der Waals surface area contributed by atoms with Gasteiger partial charge in [-0.1, -0.05) is 11.6 Å². The maximum Gasteiger partial charge on any atom is 0.265 e. The summed E-state index contributed by atoms with van der Waals surface area (Å²) in [5.41, 5.74) is 0.353. The molecule has 0 aliphatic heterocycles. The van der Waals surface area contributed by atoms with Crippen molar-refractivity contribution in [1.29, 1.82) is 0 Å². The molecule has 0 fully saturated rings. The number of nitrogens with one attached hydrogen (secondary N) is 2. The molecule has 142 valence electrons. The van der Waals surface area contributed by atoms with Gasteiger partial charge in [-0.05, 0) is 57.4 Å². The lowest BCUT2D eigenvalue weighted by molar-refractivity contribution is 0.403. The Kier molecular flexibility index (Phi) is 7.07. The van der Waals surface area contributed by atoms with Crippen LogP contribution in [0.2, 0.25) is 5.02 Å². The summed E-state index contributed by atoms with van der Waals surface area (Å²) in [5.74, 6) is 0.904. The zero-order valence-corrected chi connectivity index (χ0v) is 16.6. The average molecular weight is 399 g/mol. The lowest BCUT2D eigenvalue weighted by Gasteiger charge is -2.13. The topological polar surface area (TPSA) is 83.6 Å². The fourth-order valence-electron chi connectivity index (χ4n) is 2.24. The highest BCUT2D eigenvalue weighted by Gasteiger charge is 2.20. The molecule has 7 nitrogen and oxygen atoms in total. The van der Waals surface area contributed by atoms with E-state index in [1.165, 1.54) is 25.4 Å². The SMILES string of the molecule is COc1ccc(Cl)cc1S(=O)(=O)Nc1ccc(NCCCN(C)C)nc1. The molecule has 1 aromatic heterocycles. The maximum atomic E-state index is 12.6.